The Hall–Kier alpha value is -2.24. The van der Waals surface area contributed by atoms with Gasteiger partial charge in [0.25, 0.3) is 0 Å². The number of hydrogen-bond acceptors (Lipinski definition) is 3. The molecule has 1 aliphatic carbocycles. The van der Waals surface area contributed by atoms with Crippen LogP contribution < -0.4 is 10.1 Å². The Kier molecular flexibility index (Phi) is 8.96. The third kappa shape index (κ3) is 7.33. The maximum atomic E-state index is 12.4. The highest BCUT2D eigenvalue weighted by molar-refractivity contribution is 5.80. The Morgan fingerprint density at radius 1 is 1.15 bits per heavy atom. The van der Waals surface area contributed by atoms with Crippen LogP contribution in [0.4, 0.5) is 4.79 Å². The second kappa shape index (κ2) is 10.7. The number of carboxylic acid groups (broad SMARTS) is 2. The maximum absolute atomic E-state index is 12.4. The Morgan fingerprint density at radius 2 is 1.73 bits per heavy atom. The van der Waals surface area contributed by atoms with Crippen LogP contribution in [0, 0.1) is 19.8 Å². The molecule has 0 bridgehead atoms. The van der Waals surface area contributed by atoms with E-state index in [1.807, 2.05) is 19.9 Å². The summed E-state index contributed by atoms with van der Waals surface area (Å²) in [6, 6.07) is 4.46. The van der Waals surface area contributed by atoms with Crippen molar-refractivity contribution < 1.29 is 24.5 Å². The first-order chi connectivity index (χ1) is 12.3. The van der Waals surface area contributed by atoms with Crippen molar-refractivity contribution >= 4 is 12.1 Å². The predicted molar refractivity (Wildman–Crippen MR) is 101 cm³/mol. The molecule has 1 fully saturated rings. The standard InChI is InChI=1S/C19H29NO2.CH2O3/c1-5-15-6-8-16(9-7-15)20-19(21)12-17-14(3)10-13(2)11-18(17)22-4;2-1(3)4/h10-11,15-16H,5-9,12H2,1-4H3,(H,20,21);(H2,2,3,4). The second-order valence-corrected chi connectivity index (χ2v) is 6.92. The lowest BCUT2D eigenvalue weighted by Crippen LogP contribution is -2.38. The molecule has 0 heterocycles. The lowest BCUT2D eigenvalue weighted by molar-refractivity contribution is -0.121. The van der Waals surface area contributed by atoms with Crippen LogP contribution in [-0.4, -0.2) is 35.4 Å². The number of carbonyl (C=O) groups is 2. The molecule has 0 atom stereocenters. The number of nitrogens with one attached hydrogen (secondary N) is 1. The lowest BCUT2D eigenvalue weighted by atomic mass is 9.84. The van der Waals surface area contributed by atoms with Crippen molar-refractivity contribution in [2.45, 2.75) is 65.3 Å². The van der Waals surface area contributed by atoms with Gasteiger partial charge in [-0.05, 0) is 62.6 Å². The fourth-order valence-electron chi connectivity index (χ4n) is 3.52. The van der Waals surface area contributed by atoms with Crippen LogP contribution in [0.1, 0.15) is 55.7 Å². The number of ether oxygens (including phenoxy) is 1. The minimum atomic E-state index is -1.83. The van der Waals surface area contributed by atoms with Crippen LogP contribution >= 0.6 is 0 Å². The summed E-state index contributed by atoms with van der Waals surface area (Å²) in [6.07, 6.45) is 4.56. The Balaban J connectivity index is 0.000000765. The van der Waals surface area contributed by atoms with E-state index in [4.69, 9.17) is 19.7 Å². The van der Waals surface area contributed by atoms with E-state index in [2.05, 4.69) is 18.3 Å². The largest absolute Gasteiger partial charge is 0.503 e. The maximum Gasteiger partial charge on any atom is 0.503 e. The van der Waals surface area contributed by atoms with Gasteiger partial charge in [0.1, 0.15) is 5.75 Å². The first-order valence-corrected chi connectivity index (χ1v) is 9.12. The summed E-state index contributed by atoms with van der Waals surface area (Å²) in [7, 11) is 1.67. The van der Waals surface area contributed by atoms with Gasteiger partial charge in [-0.2, -0.15) is 0 Å². The number of benzene rings is 1. The summed E-state index contributed by atoms with van der Waals surface area (Å²) in [4.78, 5) is 20.9. The highest BCUT2D eigenvalue weighted by Crippen LogP contribution is 2.27. The molecule has 0 aliphatic heterocycles. The van der Waals surface area contributed by atoms with Crippen LogP contribution in [-0.2, 0) is 11.2 Å². The molecule has 3 N–H and O–H groups in total. The van der Waals surface area contributed by atoms with Gasteiger partial charge in [0, 0.05) is 11.6 Å². The van der Waals surface area contributed by atoms with Crippen molar-refractivity contribution in [2.75, 3.05) is 7.11 Å². The molecular formula is C20H31NO5. The van der Waals surface area contributed by atoms with E-state index in [-0.39, 0.29) is 5.91 Å². The van der Waals surface area contributed by atoms with E-state index < -0.39 is 6.16 Å². The molecular weight excluding hydrogens is 334 g/mol. The average molecular weight is 365 g/mol. The van der Waals surface area contributed by atoms with Crippen molar-refractivity contribution in [3.8, 4) is 5.75 Å². The third-order valence-corrected chi connectivity index (χ3v) is 4.92. The van der Waals surface area contributed by atoms with Gasteiger partial charge in [-0.15, -0.1) is 0 Å². The smallest absolute Gasteiger partial charge is 0.496 e. The van der Waals surface area contributed by atoms with Gasteiger partial charge in [-0.25, -0.2) is 4.79 Å². The first kappa shape index (κ1) is 21.8. The number of rotatable bonds is 5. The Morgan fingerprint density at radius 3 is 2.23 bits per heavy atom. The number of amides is 1. The van der Waals surface area contributed by atoms with Crippen molar-refractivity contribution in [1.29, 1.82) is 0 Å². The summed E-state index contributed by atoms with van der Waals surface area (Å²) in [5.74, 6) is 1.79. The van der Waals surface area contributed by atoms with E-state index in [1.54, 1.807) is 7.11 Å². The Bertz CT molecular complexity index is 602. The van der Waals surface area contributed by atoms with Crippen molar-refractivity contribution in [3.63, 3.8) is 0 Å². The fourth-order valence-corrected chi connectivity index (χ4v) is 3.52. The summed E-state index contributed by atoms with van der Waals surface area (Å²) < 4.78 is 5.45. The zero-order valence-corrected chi connectivity index (χ0v) is 16.2. The van der Waals surface area contributed by atoms with Crippen LogP contribution in [0.3, 0.4) is 0 Å². The molecule has 1 aliphatic rings. The minimum Gasteiger partial charge on any atom is -0.496 e. The molecule has 26 heavy (non-hydrogen) atoms. The zero-order valence-electron chi connectivity index (χ0n) is 16.2. The van der Waals surface area contributed by atoms with Gasteiger partial charge >= 0.3 is 6.16 Å². The van der Waals surface area contributed by atoms with Crippen LogP contribution in [0.15, 0.2) is 12.1 Å². The molecule has 0 spiro atoms. The molecule has 0 radical (unpaired) electrons. The first-order valence-electron chi connectivity index (χ1n) is 9.12. The molecule has 0 unspecified atom stereocenters. The van der Waals surface area contributed by atoms with E-state index >= 15 is 0 Å². The molecule has 6 nitrogen and oxygen atoms in total. The highest BCUT2D eigenvalue weighted by Gasteiger charge is 2.22. The van der Waals surface area contributed by atoms with Crippen molar-refractivity contribution in [3.05, 3.63) is 28.8 Å². The predicted octanol–water partition coefficient (Wildman–Crippen LogP) is 4.16. The topological polar surface area (TPSA) is 95.9 Å². The van der Waals surface area contributed by atoms with Crippen molar-refractivity contribution in [1.82, 2.24) is 5.32 Å². The molecule has 1 aromatic rings. The summed E-state index contributed by atoms with van der Waals surface area (Å²) >= 11 is 0. The zero-order chi connectivity index (χ0) is 19.7. The molecule has 1 saturated carbocycles. The summed E-state index contributed by atoms with van der Waals surface area (Å²) in [5, 5.41) is 17.2. The van der Waals surface area contributed by atoms with Crippen molar-refractivity contribution in [2.24, 2.45) is 5.92 Å². The lowest BCUT2D eigenvalue weighted by Gasteiger charge is -2.28. The quantitative estimate of drug-likeness (QED) is 0.728. The van der Waals surface area contributed by atoms with Gasteiger partial charge in [0.15, 0.2) is 0 Å². The van der Waals surface area contributed by atoms with Crippen LogP contribution in [0.25, 0.3) is 0 Å². The normalized spacial score (nSPS) is 19.1. The molecule has 2 rings (SSSR count). The number of hydrogen-bond donors (Lipinski definition) is 3. The van der Waals surface area contributed by atoms with Gasteiger partial charge in [0.05, 0.1) is 13.5 Å². The molecule has 0 saturated heterocycles. The monoisotopic (exact) mass is 365 g/mol. The van der Waals surface area contributed by atoms with E-state index in [1.165, 1.54) is 19.3 Å². The number of aryl methyl sites for hydroxylation is 2. The third-order valence-electron chi connectivity index (χ3n) is 4.92. The summed E-state index contributed by atoms with van der Waals surface area (Å²) in [5.41, 5.74) is 3.30. The minimum absolute atomic E-state index is 0.116. The van der Waals surface area contributed by atoms with E-state index in [0.717, 1.165) is 41.2 Å². The molecule has 0 aromatic heterocycles. The highest BCUT2D eigenvalue weighted by atomic mass is 16.6. The van der Waals surface area contributed by atoms with Gasteiger partial charge < -0.3 is 20.3 Å². The molecule has 1 amide bonds. The number of methoxy groups -OCH3 is 1. The van der Waals surface area contributed by atoms with Gasteiger partial charge in [-0.1, -0.05) is 19.4 Å². The van der Waals surface area contributed by atoms with Crippen LogP contribution in [0.2, 0.25) is 0 Å². The van der Waals surface area contributed by atoms with E-state index in [9.17, 15) is 4.79 Å². The fraction of sp³-hybridized carbons (Fsp3) is 0.600. The average Bonchev–Trinajstić information content (AvgIpc) is 2.57. The second-order valence-electron chi connectivity index (χ2n) is 6.92. The SMILES string of the molecule is CCC1CCC(NC(=O)Cc2c(C)cc(C)cc2OC)CC1.O=C(O)O. The number of carbonyl (C=O) groups excluding carboxylic acids is 1. The molecule has 146 valence electrons. The Labute approximate surface area is 155 Å². The van der Waals surface area contributed by atoms with Gasteiger partial charge in [-0.3, -0.25) is 4.79 Å². The van der Waals surface area contributed by atoms with Gasteiger partial charge in [0.2, 0.25) is 5.91 Å². The summed E-state index contributed by atoms with van der Waals surface area (Å²) in [6.45, 7) is 6.35. The molecule has 6 heteroatoms. The molecule has 1 aromatic carbocycles. The van der Waals surface area contributed by atoms with Crippen LogP contribution in [0.5, 0.6) is 5.75 Å². The van der Waals surface area contributed by atoms with E-state index in [0.29, 0.717) is 12.5 Å².